The lowest BCUT2D eigenvalue weighted by Crippen LogP contribution is -2.17. The number of fused-ring (bicyclic) bond motifs is 1. The van der Waals surface area contributed by atoms with E-state index < -0.39 is 0 Å². The monoisotopic (exact) mass is 357 g/mol. The van der Waals surface area contributed by atoms with Gasteiger partial charge in [0, 0.05) is 34.6 Å². The van der Waals surface area contributed by atoms with Crippen LogP contribution in [0.15, 0.2) is 47.6 Å². The number of nitrogens with zero attached hydrogens (tertiary/aromatic N) is 1. The van der Waals surface area contributed by atoms with Crippen LogP contribution in [0.3, 0.4) is 0 Å². The lowest BCUT2D eigenvalue weighted by atomic mass is 10.0. The summed E-state index contributed by atoms with van der Waals surface area (Å²) in [5.41, 5.74) is 8.61. The summed E-state index contributed by atoms with van der Waals surface area (Å²) in [5.74, 6) is 0.891. The summed E-state index contributed by atoms with van der Waals surface area (Å²) in [7, 11) is 0. The lowest BCUT2D eigenvalue weighted by Gasteiger charge is -2.22. The third-order valence-electron chi connectivity index (χ3n) is 3.30. The fourth-order valence-corrected chi connectivity index (χ4v) is 3.38. The van der Waals surface area contributed by atoms with Crippen LogP contribution in [0.1, 0.15) is 28.4 Å². The van der Waals surface area contributed by atoms with Crippen LogP contribution < -0.4 is 11.1 Å². The molecule has 1 aromatic heterocycles. The van der Waals surface area contributed by atoms with Crippen LogP contribution in [0.2, 0.25) is 0 Å². The fourth-order valence-electron chi connectivity index (χ4n) is 2.20. The van der Waals surface area contributed by atoms with Gasteiger partial charge in [0.2, 0.25) is 0 Å². The second kappa shape index (κ2) is 8.39. The SMILES string of the molecule is Cl.Cl.NC1CCSc2cc(C(=O)Nc3ccncc3)ccc21. The molecule has 1 unspecified atom stereocenters. The Morgan fingerprint density at radius 1 is 1.23 bits per heavy atom. The summed E-state index contributed by atoms with van der Waals surface area (Å²) in [4.78, 5) is 17.2. The van der Waals surface area contributed by atoms with Gasteiger partial charge in [0.15, 0.2) is 0 Å². The van der Waals surface area contributed by atoms with E-state index in [1.165, 1.54) is 0 Å². The molecule has 0 spiro atoms. The van der Waals surface area contributed by atoms with Gasteiger partial charge in [-0.25, -0.2) is 0 Å². The first-order chi connectivity index (χ1) is 9.74. The summed E-state index contributed by atoms with van der Waals surface area (Å²) >= 11 is 1.76. The van der Waals surface area contributed by atoms with Gasteiger partial charge in [-0.05, 0) is 42.0 Å². The predicted octanol–water partition coefficient (Wildman–Crippen LogP) is 3.67. The van der Waals surface area contributed by atoms with Crippen LogP contribution in [-0.2, 0) is 0 Å². The maximum Gasteiger partial charge on any atom is 0.255 e. The van der Waals surface area contributed by atoms with Gasteiger partial charge < -0.3 is 11.1 Å². The minimum absolute atomic E-state index is 0. The topological polar surface area (TPSA) is 68.0 Å². The number of halogens is 2. The van der Waals surface area contributed by atoms with Crippen molar-refractivity contribution in [1.82, 2.24) is 4.98 Å². The number of amides is 1. The number of rotatable bonds is 2. The Morgan fingerprint density at radius 3 is 2.68 bits per heavy atom. The van der Waals surface area contributed by atoms with Crippen molar-refractivity contribution in [3.05, 3.63) is 53.9 Å². The van der Waals surface area contributed by atoms with Crippen LogP contribution in [0, 0.1) is 0 Å². The highest BCUT2D eigenvalue weighted by Crippen LogP contribution is 2.35. The zero-order chi connectivity index (χ0) is 13.9. The first-order valence-electron chi connectivity index (χ1n) is 6.48. The van der Waals surface area contributed by atoms with Gasteiger partial charge in [-0.2, -0.15) is 0 Å². The van der Waals surface area contributed by atoms with Gasteiger partial charge in [0.05, 0.1) is 0 Å². The summed E-state index contributed by atoms with van der Waals surface area (Å²) in [6.07, 6.45) is 4.29. The highest BCUT2D eigenvalue weighted by molar-refractivity contribution is 7.99. The van der Waals surface area contributed by atoms with Crippen molar-refractivity contribution in [1.29, 1.82) is 0 Å². The highest BCUT2D eigenvalue weighted by Gasteiger charge is 2.18. The van der Waals surface area contributed by atoms with Crippen molar-refractivity contribution in [3.8, 4) is 0 Å². The number of carbonyl (C=O) groups is 1. The average molecular weight is 358 g/mol. The normalized spacial score (nSPS) is 15.8. The zero-order valence-electron chi connectivity index (χ0n) is 11.7. The number of hydrogen-bond donors (Lipinski definition) is 2. The summed E-state index contributed by atoms with van der Waals surface area (Å²) < 4.78 is 0. The third kappa shape index (κ3) is 4.14. The van der Waals surface area contributed by atoms with E-state index in [1.54, 1.807) is 36.3 Å². The molecule has 4 nitrogen and oxygen atoms in total. The van der Waals surface area contributed by atoms with E-state index in [1.807, 2.05) is 18.2 Å². The smallest absolute Gasteiger partial charge is 0.255 e. The van der Waals surface area contributed by atoms with Crippen molar-refractivity contribution in [2.45, 2.75) is 17.4 Å². The number of anilines is 1. The van der Waals surface area contributed by atoms with Gasteiger partial charge >= 0.3 is 0 Å². The van der Waals surface area contributed by atoms with E-state index in [9.17, 15) is 4.79 Å². The molecule has 0 fully saturated rings. The number of thioether (sulfide) groups is 1. The largest absolute Gasteiger partial charge is 0.324 e. The molecule has 1 aliphatic heterocycles. The van der Waals surface area contributed by atoms with E-state index in [2.05, 4.69) is 10.3 Å². The molecule has 0 saturated carbocycles. The Labute approximate surface area is 146 Å². The van der Waals surface area contributed by atoms with Gasteiger partial charge in [0.25, 0.3) is 5.91 Å². The lowest BCUT2D eigenvalue weighted by molar-refractivity contribution is 0.102. The Hall–Kier alpha value is -1.27. The molecule has 7 heteroatoms. The van der Waals surface area contributed by atoms with Gasteiger partial charge in [-0.3, -0.25) is 9.78 Å². The molecule has 0 aliphatic carbocycles. The van der Waals surface area contributed by atoms with Crippen LogP contribution in [-0.4, -0.2) is 16.6 Å². The van der Waals surface area contributed by atoms with Gasteiger partial charge in [-0.1, -0.05) is 6.07 Å². The molecule has 0 bridgehead atoms. The van der Waals surface area contributed by atoms with Crippen LogP contribution in [0.25, 0.3) is 0 Å². The molecule has 1 aliphatic rings. The Balaban J connectivity index is 0.00000121. The van der Waals surface area contributed by atoms with Crippen molar-refractivity contribution < 1.29 is 4.79 Å². The summed E-state index contributed by atoms with van der Waals surface area (Å²) in [6.45, 7) is 0. The molecule has 0 saturated heterocycles. The summed E-state index contributed by atoms with van der Waals surface area (Å²) in [5, 5.41) is 2.86. The number of hydrogen-bond acceptors (Lipinski definition) is 4. The van der Waals surface area contributed by atoms with Crippen molar-refractivity contribution in [3.63, 3.8) is 0 Å². The minimum Gasteiger partial charge on any atom is -0.324 e. The Morgan fingerprint density at radius 2 is 1.95 bits per heavy atom. The molecule has 3 N–H and O–H groups in total. The molecule has 118 valence electrons. The number of benzene rings is 1. The quantitative estimate of drug-likeness (QED) is 0.860. The number of aromatic nitrogens is 1. The number of carbonyl (C=O) groups excluding carboxylic acids is 1. The molecule has 1 amide bonds. The fraction of sp³-hybridized carbons (Fsp3) is 0.200. The minimum atomic E-state index is -0.112. The van der Waals surface area contributed by atoms with Crippen molar-refractivity contribution in [2.24, 2.45) is 5.73 Å². The summed E-state index contributed by atoms with van der Waals surface area (Å²) in [6, 6.07) is 9.34. The third-order valence-corrected chi connectivity index (χ3v) is 4.40. The number of nitrogens with two attached hydrogens (primary N) is 1. The van der Waals surface area contributed by atoms with Crippen LogP contribution >= 0.6 is 36.6 Å². The Bertz CT molecular complexity index is 640. The van der Waals surface area contributed by atoms with Crippen LogP contribution in [0.5, 0.6) is 0 Å². The molecule has 1 aromatic carbocycles. The molecule has 1 atom stereocenters. The molecular weight excluding hydrogens is 341 g/mol. The molecule has 22 heavy (non-hydrogen) atoms. The van der Waals surface area contributed by atoms with E-state index in [0.29, 0.717) is 5.56 Å². The van der Waals surface area contributed by atoms with E-state index in [-0.39, 0.29) is 36.8 Å². The second-order valence-electron chi connectivity index (χ2n) is 4.69. The average Bonchev–Trinajstić information content (AvgIpc) is 2.48. The zero-order valence-corrected chi connectivity index (χ0v) is 14.1. The van der Waals surface area contributed by atoms with E-state index in [0.717, 1.165) is 28.3 Å². The first kappa shape index (κ1) is 18.8. The van der Waals surface area contributed by atoms with Crippen molar-refractivity contribution in [2.75, 3.05) is 11.1 Å². The van der Waals surface area contributed by atoms with Crippen molar-refractivity contribution >= 4 is 48.2 Å². The van der Waals surface area contributed by atoms with E-state index >= 15 is 0 Å². The molecule has 3 rings (SSSR count). The maximum absolute atomic E-state index is 12.2. The predicted molar refractivity (Wildman–Crippen MR) is 95.4 cm³/mol. The number of nitrogens with one attached hydrogen (secondary N) is 1. The van der Waals surface area contributed by atoms with Gasteiger partial charge in [-0.15, -0.1) is 36.6 Å². The molecule has 2 heterocycles. The van der Waals surface area contributed by atoms with Gasteiger partial charge in [0.1, 0.15) is 0 Å². The second-order valence-corrected chi connectivity index (χ2v) is 5.82. The Kier molecular flexibility index (Phi) is 7.16. The van der Waals surface area contributed by atoms with E-state index in [4.69, 9.17) is 5.73 Å². The first-order valence-corrected chi connectivity index (χ1v) is 7.46. The molecular formula is C15H17Cl2N3OS. The molecule has 2 aromatic rings. The number of pyridine rings is 1. The maximum atomic E-state index is 12.2. The standard InChI is InChI=1S/C15H15N3OS.2ClH/c16-13-5-8-20-14-9-10(1-2-12(13)14)15(19)18-11-3-6-17-7-4-11;;/h1-4,6-7,9,13H,5,8,16H2,(H,17,18,19);2*1H. The molecule has 0 radical (unpaired) electrons. The highest BCUT2D eigenvalue weighted by atomic mass is 35.5. The van der Waals surface area contributed by atoms with Crippen LogP contribution in [0.4, 0.5) is 5.69 Å².